The first-order valence-corrected chi connectivity index (χ1v) is 9.52. The molecule has 4 rings (SSSR count). The normalized spacial score (nSPS) is 19.0. The van der Waals surface area contributed by atoms with Crippen LogP contribution >= 0.6 is 0 Å². The fraction of sp³-hybridized carbons (Fsp3) is 0.227. The quantitative estimate of drug-likeness (QED) is 0.698. The molecular weight excluding hydrogens is 368 g/mol. The monoisotopic (exact) mass is 390 g/mol. The molecule has 1 saturated heterocycles. The molecular formula is C22H22N4O3. The van der Waals surface area contributed by atoms with E-state index < -0.39 is 11.8 Å². The third-order valence-corrected chi connectivity index (χ3v) is 4.76. The maximum atomic E-state index is 12.7. The van der Waals surface area contributed by atoms with E-state index in [0.717, 1.165) is 11.3 Å². The number of nitrogens with one attached hydrogen (secondary N) is 1. The highest BCUT2D eigenvalue weighted by Gasteiger charge is 2.32. The van der Waals surface area contributed by atoms with Crippen LogP contribution in [0.25, 0.3) is 5.69 Å². The van der Waals surface area contributed by atoms with Crippen molar-refractivity contribution < 1.29 is 14.3 Å². The van der Waals surface area contributed by atoms with Crippen LogP contribution in [0, 0.1) is 0 Å². The fourth-order valence-electron chi connectivity index (χ4n) is 3.40. The van der Waals surface area contributed by atoms with Crippen molar-refractivity contribution in [2.45, 2.75) is 19.1 Å². The lowest BCUT2D eigenvalue weighted by Crippen LogP contribution is -2.49. The predicted octanol–water partition coefficient (Wildman–Crippen LogP) is 2.80. The van der Waals surface area contributed by atoms with Gasteiger partial charge < -0.3 is 15.0 Å². The molecule has 1 fully saturated rings. The molecule has 2 heterocycles. The van der Waals surface area contributed by atoms with Crippen molar-refractivity contribution in [2.24, 2.45) is 0 Å². The van der Waals surface area contributed by atoms with Crippen LogP contribution in [0.3, 0.4) is 0 Å². The van der Waals surface area contributed by atoms with E-state index in [4.69, 9.17) is 4.74 Å². The van der Waals surface area contributed by atoms with E-state index in [-0.39, 0.29) is 12.2 Å². The molecule has 1 aromatic heterocycles. The summed E-state index contributed by atoms with van der Waals surface area (Å²) < 4.78 is 7.60. The summed E-state index contributed by atoms with van der Waals surface area (Å²) in [4.78, 5) is 26.8. The van der Waals surface area contributed by atoms with Crippen molar-refractivity contribution in [1.29, 1.82) is 0 Å². The Hall–Kier alpha value is -3.45. The Kier molecular flexibility index (Phi) is 5.39. The first kappa shape index (κ1) is 18.9. The van der Waals surface area contributed by atoms with Gasteiger partial charge in [-0.25, -0.2) is 4.68 Å². The molecule has 2 atom stereocenters. The number of nitrogens with zero attached hydrogens (tertiary/aromatic N) is 3. The highest BCUT2D eigenvalue weighted by Crippen LogP contribution is 2.25. The number of hydrogen-bond acceptors (Lipinski definition) is 4. The topological polar surface area (TPSA) is 76.5 Å². The van der Waals surface area contributed by atoms with Crippen molar-refractivity contribution >= 4 is 17.6 Å². The predicted molar refractivity (Wildman–Crippen MR) is 109 cm³/mol. The van der Waals surface area contributed by atoms with Crippen LogP contribution in [0.5, 0.6) is 0 Å². The van der Waals surface area contributed by atoms with Gasteiger partial charge in [0.1, 0.15) is 6.10 Å². The Balaban J connectivity index is 1.42. The molecule has 0 unspecified atom stereocenters. The second-order valence-electron chi connectivity index (χ2n) is 6.99. The number of benzene rings is 2. The molecule has 148 valence electrons. The van der Waals surface area contributed by atoms with E-state index >= 15 is 0 Å². The second-order valence-corrected chi connectivity index (χ2v) is 6.99. The summed E-state index contributed by atoms with van der Waals surface area (Å²) in [6, 6.07) is 20.9. The summed E-state index contributed by atoms with van der Waals surface area (Å²) in [5.41, 5.74) is 1.85. The van der Waals surface area contributed by atoms with Crippen LogP contribution in [0.15, 0.2) is 72.9 Å². The second kappa shape index (κ2) is 8.28. The minimum atomic E-state index is -0.704. The Labute approximate surface area is 168 Å². The van der Waals surface area contributed by atoms with Gasteiger partial charge in [-0.2, -0.15) is 5.10 Å². The molecule has 7 nitrogen and oxygen atoms in total. The number of aromatic nitrogens is 2. The van der Waals surface area contributed by atoms with Crippen molar-refractivity contribution in [3.05, 3.63) is 78.5 Å². The largest absolute Gasteiger partial charge is 0.367 e. The zero-order valence-electron chi connectivity index (χ0n) is 16.1. The zero-order valence-corrected chi connectivity index (χ0v) is 16.1. The molecule has 1 aliphatic heterocycles. The van der Waals surface area contributed by atoms with Crippen molar-refractivity contribution in [1.82, 2.24) is 14.7 Å². The first-order valence-electron chi connectivity index (χ1n) is 9.52. The maximum Gasteiger partial charge on any atom is 0.315 e. The summed E-state index contributed by atoms with van der Waals surface area (Å²) in [7, 11) is 0. The molecule has 1 aliphatic rings. The Bertz CT molecular complexity index is 988. The molecule has 2 amide bonds. The van der Waals surface area contributed by atoms with E-state index in [1.165, 1.54) is 4.90 Å². The van der Waals surface area contributed by atoms with Gasteiger partial charge in [-0.15, -0.1) is 0 Å². The van der Waals surface area contributed by atoms with Crippen molar-refractivity contribution in [3.8, 4) is 5.69 Å². The van der Waals surface area contributed by atoms with Gasteiger partial charge in [0.25, 0.3) is 0 Å². The van der Waals surface area contributed by atoms with Crippen LogP contribution in [0.2, 0.25) is 0 Å². The third-order valence-electron chi connectivity index (χ3n) is 4.76. The SMILES string of the molecule is C[C@@H]1CN(C(=O)C(=O)Nc2ccn(-c3ccccc3)n2)C[C@H](c2ccccc2)O1. The van der Waals surface area contributed by atoms with Gasteiger partial charge in [0.15, 0.2) is 5.82 Å². The van der Waals surface area contributed by atoms with Gasteiger partial charge in [0.2, 0.25) is 0 Å². The highest BCUT2D eigenvalue weighted by atomic mass is 16.5. The molecule has 0 aliphatic carbocycles. The van der Waals surface area contributed by atoms with Crippen LogP contribution in [0.4, 0.5) is 5.82 Å². The molecule has 0 saturated carbocycles. The molecule has 2 aromatic carbocycles. The summed E-state index contributed by atoms with van der Waals surface area (Å²) in [6.45, 7) is 2.60. The number of ether oxygens (including phenoxy) is 1. The van der Waals surface area contributed by atoms with E-state index in [1.807, 2.05) is 67.6 Å². The number of carbonyl (C=O) groups is 2. The lowest BCUT2D eigenvalue weighted by molar-refractivity contribution is -0.152. The number of anilines is 1. The molecule has 0 radical (unpaired) electrons. The van der Waals surface area contributed by atoms with E-state index in [1.54, 1.807) is 16.9 Å². The van der Waals surface area contributed by atoms with Crippen LogP contribution in [0.1, 0.15) is 18.6 Å². The van der Waals surface area contributed by atoms with Crippen LogP contribution in [-0.4, -0.2) is 45.7 Å². The maximum absolute atomic E-state index is 12.7. The number of hydrogen-bond donors (Lipinski definition) is 1. The Morgan fingerprint density at radius 1 is 1.00 bits per heavy atom. The average Bonchev–Trinajstić information content (AvgIpc) is 3.22. The molecule has 7 heteroatoms. The minimum absolute atomic E-state index is 0.164. The highest BCUT2D eigenvalue weighted by molar-refractivity contribution is 6.39. The van der Waals surface area contributed by atoms with Crippen molar-refractivity contribution in [3.63, 3.8) is 0 Å². The minimum Gasteiger partial charge on any atom is -0.367 e. The molecule has 0 spiro atoms. The summed E-state index contributed by atoms with van der Waals surface area (Å²) in [6.07, 6.45) is 1.31. The molecule has 1 N–H and O–H groups in total. The van der Waals surface area contributed by atoms with Gasteiger partial charge in [-0.05, 0) is 24.6 Å². The summed E-state index contributed by atoms with van der Waals surface area (Å²) >= 11 is 0. The Morgan fingerprint density at radius 2 is 1.69 bits per heavy atom. The molecule has 29 heavy (non-hydrogen) atoms. The number of carbonyl (C=O) groups excluding carboxylic acids is 2. The Morgan fingerprint density at radius 3 is 2.41 bits per heavy atom. The van der Waals surface area contributed by atoms with E-state index in [0.29, 0.717) is 18.9 Å². The number of rotatable bonds is 3. The number of para-hydroxylation sites is 1. The first-order chi connectivity index (χ1) is 14.1. The standard InChI is InChI=1S/C22H22N4O3/c1-16-14-25(15-19(29-16)17-8-4-2-5-9-17)22(28)21(27)23-20-12-13-26(24-20)18-10-6-3-7-11-18/h2-13,16,19H,14-15H2,1H3,(H,23,24,27)/t16-,19-/m1/s1. The third kappa shape index (κ3) is 4.35. The van der Waals surface area contributed by atoms with Crippen molar-refractivity contribution in [2.75, 3.05) is 18.4 Å². The van der Waals surface area contributed by atoms with Crippen LogP contribution < -0.4 is 5.32 Å². The lowest BCUT2D eigenvalue weighted by atomic mass is 10.1. The van der Waals surface area contributed by atoms with Gasteiger partial charge in [0.05, 0.1) is 18.3 Å². The van der Waals surface area contributed by atoms with Gasteiger partial charge in [-0.1, -0.05) is 48.5 Å². The van der Waals surface area contributed by atoms with Crippen LogP contribution in [-0.2, 0) is 14.3 Å². The average molecular weight is 390 g/mol. The number of morpholine rings is 1. The van der Waals surface area contributed by atoms with Gasteiger partial charge in [-0.3, -0.25) is 9.59 Å². The fourth-order valence-corrected chi connectivity index (χ4v) is 3.40. The summed E-state index contributed by atoms with van der Waals surface area (Å²) in [5.74, 6) is -0.965. The van der Waals surface area contributed by atoms with E-state index in [9.17, 15) is 9.59 Å². The molecule has 0 bridgehead atoms. The van der Waals surface area contributed by atoms with E-state index in [2.05, 4.69) is 10.4 Å². The molecule has 3 aromatic rings. The van der Waals surface area contributed by atoms with Gasteiger partial charge in [0, 0.05) is 18.8 Å². The zero-order chi connectivity index (χ0) is 20.2. The number of amides is 2. The summed E-state index contributed by atoms with van der Waals surface area (Å²) in [5, 5.41) is 6.91. The smallest absolute Gasteiger partial charge is 0.315 e. The lowest BCUT2D eigenvalue weighted by Gasteiger charge is -2.36. The van der Waals surface area contributed by atoms with Gasteiger partial charge >= 0.3 is 11.8 Å².